The Kier molecular flexibility index (Phi) is 34.2. The third-order valence-corrected chi connectivity index (χ3v) is 9.20. The Balaban J connectivity index is 4.50. The van der Waals surface area contributed by atoms with Crippen molar-refractivity contribution in [2.45, 2.75) is 167 Å². The van der Waals surface area contributed by atoms with Gasteiger partial charge in [0.25, 0.3) is 0 Å². The summed E-state index contributed by atoms with van der Waals surface area (Å²) in [6.45, 7) is 4.46. The van der Waals surface area contributed by atoms with Crippen LogP contribution in [0.25, 0.3) is 0 Å². The van der Waals surface area contributed by atoms with Gasteiger partial charge in [-0.15, -0.1) is 0 Å². The zero-order valence-corrected chi connectivity index (χ0v) is 33.9. The van der Waals surface area contributed by atoms with Crippen molar-refractivity contribution in [3.05, 3.63) is 48.6 Å². The Morgan fingerprint density at radius 1 is 0.698 bits per heavy atom. The van der Waals surface area contributed by atoms with E-state index in [1.807, 2.05) is 36.5 Å². The van der Waals surface area contributed by atoms with Gasteiger partial charge in [-0.3, -0.25) is 18.6 Å². The number of aliphatic hydroxyl groups excluding tert-OH is 3. The molecule has 0 aliphatic rings. The number of allylic oxidation sites excluding steroid dienone is 6. The first-order valence-electron chi connectivity index (χ1n) is 20.1. The number of phosphoric acid groups is 1. The molecule has 4 atom stereocenters. The smallest absolute Gasteiger partial charge is 0.462 e. The van der Waals surface area contributed by atoms with Crippen LogP contribution in [0.5, 0.6) is 0 Å². The van der Waals surface area contributed by atoms with Crippen LogP contribution in [0.4, 0.5) is 0 Å². The van der Waals surface area contributed by atoms with Crippen molar-refractivity contribution in [3.8, 4) is 0 Å². The lowest BCUT2D eigenvalue weighted by molar-refractivity contribution is -0.161. The molecule has 0 saturated carbocycles. The molecule has 11 nitrogen and oxygen atoms in total. The van der Waals surface area contributed by atoms with Gasteiger partial charge in [0.2, 0.25) is 0 Å². The molecule has 0 aromatic rings. The van der Waals surface area contributed by atoms with Crippen molar-refractivity contribution in [1.29, 1.82) is 0 Å². The van der Waals surface area contributed by atoms with E-state index in [9.17, 15) is 29.3 Å². The fourth-order valence-electron chi connectivity index (χ4n) is 5.08. The highest BCUT2D eigenvalue weighted by molar-refractivity contribution is 7.47. The molecule has 0 aromatic heterocycles. The van der Waals surface area contributed by atoms with E-state index < -0.39 is 57.9 Å². The van der Waals surface area contributed by atoms with Crippen LogP contribution in [0.1, 0.15) is 149 Å². The van der Waals surface area contributed by atoms with Gasteiger partial charge in [-0.05, 0) is 50.9 Å². The van der Waals surface area contributed by atoms with Gasteiger partial charge in [0, 0.05) is 12.8 Å². The zero-order chi connectivity index (χ0) is 39.4. The van der Waals surface area contributed by atoms with E-state index in [1.54, 1.807) is 6.08 Å². The minimum Gasteiger partial charge on any atom is -0.462 e. The summed E-state index contributed by atoms with van der Waals surface area (Å²) in [5, 5.41) is 28.3. The van der Waals surface area contributed by atoms with Gasteiger partial charge in [-0.2, -0.15) is 0 Å². The molecule has 0 spiro atoms. The maximum Gasteiger partial charge on any atom is 0.472 e. The number of rotatable bonds is 36. The van der Waals surface area contributed by atoms with Gasteiger partial charge < -0.3 is 29.7 Å². The van der Waals surface area contributed by atoms with Gasteiger partial charge >= 0.3 is 19.8 Å². The normalized spacial score (nSPS) is 15.2. The lowest BCUT2D eigenvalue weighted by Gasteiger charge is -2.20. The third-order valence-electron chi connectivity index (χ3n) is 8.24. The van der Waals surface area contributed by atoms with Crippen molar-refractivity contribution in [2.24, 2.45) is 5.92 Å². The highest BCUT2D eigenvalue weighted by atomic mass is 31.2. The molecule has 0 aliphatic heterocycles. The molecule has 1 unspecified atom stereocenters. The van der Waals surface area contributed by atoms with E-state index in [4.69, 9.17) is 19.1 Å². The van der Waals surface area contributed by atoms with Crippen LogP contribution >= 0.6 is 7.82 Å². The standard InChI is InChI=1S/C41H73O11P/c1-4-5-6-7-18-23-28-37(43)29-24-19-14-11-12-15-20-25-30-40(45)49-34-39(35-51-53(47,48)50-33-38(44)32-42)52-41(46)31-26-21-16-10-8-9-13-17-22-27-36(2)3/h12,14-15,18-19,23-24,29,36-39,42-44H,4-11,13,16-17,20-22,25-28,30-35H2,1-3H3,(H,47,48)/b15-12-,19-14-,23-18-,29-24+/t37-,38+,39-/m1/s1. The molecule has 0 aromatic carbocycles. The number of aliphatic hydroxyl groups is 3. The van der Waals surface area contributed by atoms with Gasteiger partial charge in [0.05, 0.1) is 25.9 Å². The number of hydrogen-bond acceptors (Lipinski definition) is 10. The lowest BCUT2D eigenvalue weighted by Crippen LogP contribution is -2.29. The minimum atomic E-state index is -4.64. The van der Waals surface area contributed by atoms with Gasteiger partial charge in [-0.1, -0.05) is 140 Å². The summed E-state index contributed by atoms with van der Waals surface area (Å²) in [6.07, 6.45) is 31.3. The molecular formula is C41H73O11P. The second-order valence-electron chi connectivity index (χ2n) is 14.0. The molecular weight excluding hydrogens is 699 g/mol. The summed E-state index contributed by atoms with van der Waals surface area (Å²) in [6, 6.07) is 0. The molecule has 0 saturated heterocycles. The van der Waals surface area contributed by atoms with Crippen molar-refractivity contribution in [2.75, 3.05) is 26.4 Å². The molecule has 12 heteroatoms. The molecule has 0 fully saturated rings. The summed E-state index contributed by atoms with van der Waals surface area (Å²) < 4.78 is 32.5. The number of carbonyl (C=O) groups is 2. The molecule has 0 amide bonds. The highest BCUT2D eigenvalue weighted by Crippen LogP contribution is 2.43. The first-order chi connectivity index (χ1) is 25.5. The predicted molar refractivity (Wildman–Crippen MR) is 211 cm³/mol. The molecule has 4 N–H and O–H groups in total. The quantitative estimate of drug-likeness (QED) is 0.0158. The van der Waals surface area contributed by atoms with Crippen LogP contribution < -0.4 is 0 Å². The third kappa shape index (κ3) is 36.6. The molecule has 53 heavy (non-hydrogen) atoms. The van der Waals surface area contributed by atoms with Crippen molar-refractivity contribution in [1.82, 2.24) is 0 Å². The molecule has 0 radical (unpaired) electrons. The van der Waals surface area contributed by atoms with E-state index in [2.05, 4.69) is 31.4 Å². The van der Waals surface area contributed by atoms with Crippen molar-refractivity contribution < 1.29 is 52.9 Å². The number of carbonyl (C=O) groups excluding carboxylic acids is 2. The Bertz CT molecular complexity index is 1060. The van der Waals surface area contributed by atoms with Gasteiger partial charge in [-0.25, -0.2) is 4.57 Å². The molecule has 308 valence electrons. The Hall–Kier alpha value is -2.11. The summed E-state index contributed by atoms with van der Waals surface area (Å²) in [5.74, 6) is -0.271. The SMILES string of the molecule is CCCCC/C=C\C[C@@H](O)/C=C/C=C\C/C=C\CCCC(=O)OC[C@H](COP(=O)(O)OC[C@@H](O)CO)OC(=O)CCCCCCCCCCCC(C)C. The number of esters is 2. The monoisotopic (exact) mass is 772 g/mol. The van der Waals surface area contributed by atoms with E-state index in [0.717, 1.165) is 31.6 Å². The zero-order valence-electron chi connectivity index (χ0n) is 33.0. The van der Waals surface area contributed by atoms with E-state index >= 15 is 0 Å². The van der Waals surface area contributed by atoms with Gasteiger partial charge in [0.15, 0.2) is 6.10 Å². The summed E-state index contributed by atoms with van der Waals surface area (Å²) in [4.78, 5) is 34.8. The fourth-order valence-corrected chi connectivity index (χ4v) is 5.87. The average molecular weight is 773 g/mol. The second kappa shape index (κ2) is 35.6. The van der Waals surface area contributed by atoms with Crippen molar-refractivity contribution in [3.63, 3.8) is 0 Å². The second-order valence-corrected chi connectivity index (χ2v) is 15.4. The first-order valence-corrected chi connectivity index (χ1v) is 21.6. The summed E-state index contributed by atoms with van der Waals surface area (Å²) in [5.41, 5.74) is 0. The van der Waals surface area contributed by atoms with Crippen LogP contribution in [0.15, 0.2) is 48.6 Å². The van der Waals surface area contributed by atoms with Crippen LogP contribution in [-0.2, 0) is 32.7 Å². The summed E-state index contributed by atoms with van der Waals surface area (Å²) >= 11 is 0. The number of hydrogen-bond donors (Lipinski definition) is 4. The fraction of sp³-hybridized carbons (Fsp3) is 0.756. The van der Waals surface area contributed by atoms with Crippen LogP contribution in [-0.4, -0.2) is 76.9 Å². The van der Waals surface area contributed by atoms with E-state index in [0.29, 0.717) is 32.1 Å². The Morgan fingerprint density at radius 3 is 2.00 bits per heavy atom. The molecule has 0 aliphatic carbocycles. The Morgan fingerprint density at radius 2 is 1.32 bits per heavy atom. The molecule has 0 rings (SSSR count). The molecule has 0 bridgehead atoms. The first kappa shape index (κ1) is 50.9. The average Bonchev–Trinajstić information content (AvgIpc) is 3.12. The van der Waals surface area contributed by atoms with E-state index in [1.165, 1.54) is 57.8 Å². The van der Waals surface area contributed by atoms with E-state index in [-0.39, 0.29) is 19.4 Å². The number of unbranched alkanes of at least 4 members (excludes halogenated alkanes) is 12. The van der Waals surface area contributed by atoms with Crippen molar-refractivity contribution >= 4 is 19.8 Å². The Labute approximate surface area is 320 Å². The van der Waals surface area contributed by atoms with Crippen LogP contribution in [0.3, 0.4) is 0 Å². The largest absolute Gasteiger partial charge is 0.472 e. The minimum absolute atomic E-state index is 0.133. The highest BCUT2D eigenvalue weighted by Gasteiger charge is 2.27. The maximum absolute atomic E-state index is 12.5. The van der Waals surface area contributed by atoms with Gasteiger partial charge in [0.1, 0.15) is 12.7 Å². The molecule has 0 heterocycles. The number of phosphoric ester groups is 1. The maximum atomic E-state index is 12.5. The number of ether oxygens (including phenoxy) is 2. The van der Waals surface area contributed by atoms with Crippen LogP contribution in [0.2, 0.25) is 0 Å². The lowest BCUT2D eigenvalue weighted by atomic mass is 10.0. The predicted octanol–water partition coefficient (Wildman–Crippen LogP) is 8.99. The summed E-state index contributed by atoms with van der Waals surface area (Å²) in [7, 11) is -4.64. The van der Waals surface area contributed by atoms with Crippen LogP contribution in [0, 0.1) is 5.92 Å². The topological polar surface area (TPSA) is 169 Å².